The normalized spacial score (nSPS) is 11.2. The number of aldehydes is 1. The Morgan fingerprint density at radius 2 is 1.82 bits per heavy atom. The van der Waals surface area contributed by atoms with E-state index in [4.69, 9.17) is 31.5 Å². The van der Waals surface area contributed by atoms with E-state index in [1.807, 2.05) is 53.1 Å². The highest BCUT2D eigenvalue weighted by Gasteiger charge is 2.17. The fraction of sp³-hybridized carbons (Fsp3) is 0.357. The molecule has 0 fully saturated rings. The van der Waals surface area contributed by atoms with Crippen molar-refractivity contribution in [2.45, 2.75) is 39.5 Å². The molecule has 44 heavy (non-hydrogen) atoms. The van der Waals surface area contributed by atoms with Gasteiger partial charge in [0, 0.05) is 30.0 Å². The molecule has 0 amide bonds. The third-order valence-corrected chi connectivity index (χ3v) is 7.50. The first-order chi connectivity index (χ1) is 21.4. The fourth-order valence-electron chi connectivity index (χ4n) is 4.22. The average Bonchev–Trinajstić information content (AvgIpc) is 3.62. The van der Waals surface area contributed by atoms with Crippen molar-refractivity contribution in [1.82, 2.24) is 35.1 Å². The summed E-state index contributed by atoms with van der Waals surface area (Å²) in [4.78, 5) is 33.6. The molecular formula is C28H32ClN7O7S. The summed E-state index contributed by atoms with van der Waals surface area (Å²) in [6, 6.07) is 15.6. The molecule has 2 aromatic carbocycles. The number of thioether (sulfide) groups is 1. The van der Waals surface area contributed by atoms with Crippen LogP contribution in [0.2, 0.25) is 5.15 Å². The van der Waals surface area contributed by atoms with Crippen LogP contribution in [0.5, 0.6) is 0 Å². The smallest absolute Gasteiger partial charge is 0.433 e. The number of ether oxygens (including phenoxy) is 2. The third kappa shape index (κ3) is 9.32. The highest BCUT2D eigenvalue weighted by atomic mass is 35.5. The van der Waals surface area contributed by atoms with E-state index in [-0.39, 0.29) is 30.5 Å². The number of imidazole rings is 1. The van der Waals surface area contributed by atoms with Crippen molar-refractivity contribution in [2.24, 2.45) is 0 Å². The summed E-state index contributed by atoms with van der Waals surface area (Å²) in [5, 5.41) is 29.2. The Hall–Kier alpha value is -3.86. The Morgan fingerprint density at radius 3 is 2.55 bits per heavy atom. The summed E-state index contributed by atoms with van der Waals surface area (Å²) < 4.78 is 11.9. The Labute approximate surface area is 262 Å². The van der Waals surface area contributed by atoms with Crippen molar-refractivity contribution >= 4 is 35.8 Å². The summed E-state index contributed by atoms with van der Waals surface area (Å²) in [6.45, 7) is 2.47. The predicted octanol–water partition coefficient (Wildman–Crippen LogP) is 4.92. The molecule has 2 aromatic heterocycles. The molecule has 0 atom stereocenters. The van der Waals surface area contributed by atoms with Crippen LogP contribution in [0.1, 0.15) is 41.6 Å². The molecule has 16 heteroatoms. The van der Waals surface area contributed by atoms with E-state index in [9.17, 15) is 9.59 Å². The largest absolute Gasteiger partial charge is 0.510 e. The molecule has 0 aliphatic carbocycles. The average molecular weight is 646 g/mol. The lowest BCUT2D eigenvalue weighted by atomic mass is 9.98. The number of hydrogen-bond acceptors (Lipinski definition) is 13. The Balaban J connectivity index is 1.35. The van der Waals surface area contributed by atoms with Gasteiger partial charge in [0.15, 0.2) is 11.4 Å². The predicted molar refractivity (Wildman–Crippen MR) is 160 cm³/mol. The van der Waals surface area contributed by atoms with Crippen LogP contribution in [0.3, 0.4) is 0 Å². The van der Waals surface area contributed by atoms with E-state index in [0.717, 1.165) is 58.4 Å². The van der Waals surface area contributed by atoms with Crippen LogP contribution in [-0.4, -0.2) is 82.7 Å². The van der Waals surface area contributed by atoms with Gasteiger partial charge in [-0.05, 0) is 28.3 Å². The summed E-state index contributed by atoms with van der Waals surface area (Å²) in [5.41, 5.74) is 3.92. The second-order valence-corrected chi connectivity index (χ2v) is 10.9. The maximum absolute atomic E-state index is 11.9. The summed E-state index contributed by atoms with van der Waals surface area (Å²) in [5.74, 6) is 2.08. The standard InChI is InChI=1S/C28H32ClN7O7S/c1-2-3-8-25-30-26(29)24(18-37)34(25)17-20-9-11-21(12-10-20)22-6-4-5-7-23(22)27-31-33-35(32-27)19-42-28(38)41-13-15-44-16-14-43-36(39)40/h4-7,9-12,18,39-40H,2-3,8,13-17,19H2,1H3. The zero-order valence-electron chi connectivity index (χ0n) is 23.9. The van der Waals surface area contributed by atoms with Crippen LogP contribution in [0, 0.1) is 0 Å². The van der Waals surface area contributed by atoms with Gasteiger partial charge in [0.1, 0.15) is 18.1 Å². The molecule has 0 spiro atoms. The summed E-state index contributed by atoms with van der Waals surface area (Å²) in [7, 11) is 0. The van der Waals surface area contributed by atoms with E-state index in [2.05, 4.69) is 32.2 Å². The van der Waals surface area contributed by atoms with Gasteiger partial charge < -0.3 is 14.0 Å². The maximum atomic E-state index is 11.9. The van der Waals surface area contributed by atoms with Crippen molar-refractivity contribution in [1.29, 1.82) is 0 Å². The molecule has 4 rings (SSSR count). The number of tetrazole rings is 1. The minimum Gasteiger partial charge on any atom is -0.433 e. The van der Waals surface area contributed by atoms with E-state index in [1.54, 1.807) is 0 Å². The summed E-state index contributed by atoms with van der Waals surface area (Å²) >= 11 is 7.62. The quantitative estimate of drug-likeness (QED) is 0.0688. The van der Waals surface area contributed by atoms with E-state index in [0.29, 0.717) is 29.6 Å². The monoisotopic (exact) mass is 645 g/mol. The Bertz CT molecular complexity index is 1510. The van der Waals surface area contributed by atoms with Crippen LogP contribution >= 0.6 is 23.4 Å². The number of unbranched alkanes of at least 4 members (excludes halogenated alkanes) is 1. The first-order valence-electron chi connectivity index (χ1n) is 13.7. The lowest BCUT2D eigenvalue weighted by molar-refractivity contribution is -0.490. The van der Waals surface area contributed by atoms with Gasteiger partial charge in [-0.15, -0.1) is 15.0 Å². The molecule has 0 radical (unpaired) electrons. The second-order valence-electron chi connectivity index (χ2n) is 9.31. The van der Waals surface area contributed by atoms with Crippen LogP contribution in [0.25, 0.3) is 22.5 Å². The zero-order valence-corrected chi connectivity index (χ0v) is 25.5. The van der Waals surface area contributed by atoms with Crippen molar-refractivity contribution in [3.8, 4) is 22.5 Å². The summed E-state index contributed by atoms with van der Waals surface area (Å²) in [6.07, 6.45) is 2.56. The number of aromatic nitrogens is 6. The van der Waals surface area contributed by atoms with Gasteiger partial charge in [0.2, 0.25) is 12.6 Å². The Morgan fingerprint density at radius 1 is 1.07 bits per heavy atom. The van der Waals surface area contributed by atoms with E-state index < -0.39 is 6.16 Å². The molecular weight excluding hydrogens is 614 g/mol. The van der Waals surface area contributed by atoms with E-state index in [1.165, 1.54) is 11.8 Å². The number of carbonyl (C=O) groups is 2. The molecule has 2 heterocycles. The topological polar surface area (TPSA) is 167 Å². The number of benzene rings is 2. The zero-order chi connectivity index (χ0) is 31.3. The van der Waals surface area contributed by atoms with Crippen molar-refractivity contribution in [3.63, 3.8) is 0 Å². The van der Waals surface area contributed by atoms with Gasteiger partial charge in [-0.3, -0.25) is 15.2 Å². The molecule has 234 valence electrons. The van der Waals surface area contributed by atoms with Crippen molar-refractivity contribution < 1.29 is 34.3 Å². The van der Waals surface area contributed by atoms with Crippen LogP contribution in [0.15, 0.2) is 48.5 Å². The van der Waals surface area contributed by atoms with Crippen LogP contribution < -0.4 is 0 Å². The van der Waals surface area contributed by atoms with Crippen molar-refractivity contribution in [3.05, 3.63) is 70.8 Å². The number of halogens is 1. The molecule has 0 unspecified atom stereocenters. The van der Waals surface area contributed by atoms with Gasteiger partial charge >= 0.3 is 6.16 Å². The van der Waals surface area contributed by atoms with Gasteiger partial charge in [0.25, 0.3) is 0 Å². The van der Waals surface area contributed by atoms with Crippen molar-refractivity contribution in [2.75, 3.05) is 24.7 Å². The van der Waals surface area contributed by atoms with Gasteiger partial charge in [-0.2, -0.15) is 11.8 Å². The first kappa shape index (κ1) is 33.0. The maximum Gasteiger partial charge on any atom is 0.510 e. The number of hydrogen-bond donors (Lipinski definition) is 2. The highest BCUT2D eigenvalue weighted by molar-refractivity contribution is 7.99. The second kappa shape index (κ2) is 16.8. The Kier molecular flexibility index (Phi) is 12.6. The molecule has 0 saturated carbocycles. The molecule has 2 N–H and O–H groups in total. The molecule has 0 aliphatic rings. The lowest BCUT2D eigenvalue weighted by Crippen LogP contribution is -2.16. The van der Waals surface area contributed by atoms with Crippen LogP contribution in [-0.2, 0) is 34.0 Å². The molecule has 14 nitrogen and oxygen atoms in total. The molecule has 0 saturated heterocycles. The minimum absolute atomic E-state index is 0.0854. The minimum atomic E-state index is -0.881. The lowest BCUT2D eigenvalue weighted by Gasteiger charge is -2.11. The van der Waals surface area contributed by atoms with Gasteiger partial charge in [0.05, 0.1) is 12.0 Å². The molecule has 0 aliphatic heterocycles. The molecule has 0 bridgehead atoms. The van der Waals surface area contributed by atoms with Crippen LogP contribution in [0.4, 0.5) is 4.79 Å². The highest BCUT2D eigenvalue weighted by Crippen LogP contribution is 2.30. The number of nitrogens with zero attached hydrogens (tertiary/aromatic N) is 7. The van der Waals surface area contributed by atoms with Gasteiger partial charge in [-0.1, -0.05) is 73.5 Å². The number of carbonyl (C=O) groups excluding carboxylic acids is 2. The van der Waals surface area contributed by atoms with E-state index >= 15 is 0 Å². The SMILES string of the molecule is CCCCc1nc(Cl)c(C=O)n1Cc1ccc(-c2ccccc2-c2nnn(COC(=O)OCCSCCON(O)O)n2)cc1. The third-order valence-electron chi connectivity index (χ3n) is 6.31. The first-order valence-corrected chi connectivity index (χ1v) is 15.3. The number of aryl methyl sites for hydroxylation is 1. The fourth-order valence-corrected chi connectivity index (χ4v) is 5.06. The number of rotatable bonds is 17. The van der Waals surface area contributed by atoms with Gasteiger partial charge in [-0.25, -0.2) is 14.6 Å². The molecule has 4 aromatic rings.